The zero-order chi connectivity index (χ0) is 16.4. The molecule has 4 nitrogen and oxygen atoms in total. The molecule has 0 aliphatic carbocycles. The number of fused-ring (bicyclic) bond motifs is 1. The molecule has 1 atom stereocenters. The smallest absolute Gasteiger partial charge is 0.123 e. The van der Waals surface area contributed by atoms with E-state index in [1.165, 1.54) is 17.7 Å². The lowest BCUT2D eigenvalue weighted by Crippen LogP contribution is -2.38. The van der Waals surface area contributed by atoms with Crippen molar-refractivity contribution in [3.05, 3.63) is 71.7 Å². The van der Waals surface area contributed by atoms with Crippen molar-refractivity contribution in [1.82, 2.24) is 15.5 Å². The van der Waals surface area contributed by atoms with Crippen LogP contribution in [0.15, 0.2) is 54.7 Å². The molecule has 24 heavy (non-hydrogen) atoms. The van der Waals surface area contributed by atoms with Gasteiger partial charge in [0.2, 0.25) is 0 Å². The maximum Gasteiger partial charge on any atom is 0.123 e. The molecule has 0 amide bonds. The Hall–Kier alpha value is -2.66. The van der Waals surface area contributed by atoms with Gasteiger partial charge in [-0.3, -0.25) is 5.10 Å². The average Bonchev–Trinajstić information content (AvgIpc) is 3.08. The van der Waals surface area contributed by atoms with Gasteiger partial charge < -0.3 is 10.1 Å². The van der Waals surface area contributed by atoms with E-state index in [9.17, 15) is 4.39 Å². The molecule has 0 fully saturated rings. The normalized spacial score (nSPS) is 16.5. The molecule has 2 N–H and O–H groups in total. The summed E-state index contributed by atoms with van der Waals surface area (Å²) in [7, 11) is 0. The predicted molar refractivity (Wildman–Crippen MR) is 90.3 cm³/mol. The number of para-hydroxylation sites is 1. The zero-order valence-electron chi connectivity index (χ0n) is 13.1. The van der Waals surface area contributed by atoms with Gasteiger partial charge in [0.15, 0.2) is 0 Å². The summed E-state index contributed by atoms with van der Waals surface area (Å²) < 4.78 is 19.2. The summed E-state index contributed by atoms with van der Waals surface area (Å²) in [6, 6.07) is 14.9. The second kappa shape index (κ2) is 6.45. The summed E-state index contributed by atoms with van der Waals surface area (Å²) in [4.78, 5) is 0. The Morgan fingerprint density at radius 1 is 1.21 bits per heavy atom. The van der Waals surface area contributed by atoms with Crippen molar-refractivity contribution in [3.63, 3.8) is 0 Å². The van der Waals surface area contributed by atoms with Crippen LogP contribution in [0.4, 0.5) is 4.39 Å². The number of halogens is 1. The first-order valence-corrected chi connectivity index (χ1v) is 8.02. The van der Waals surface area contributed by atoms with Gasteiger partial charge >= 0.3 is 0 Å². The van der Waals surface area contributed by atoms with E-state index in [1.54, 1.807) is 12.3 Å². The first-order chi connectivity index (χ1) is 11.8. The highest BCUT2D eigenvalue weighted by Crippen LogP contribution is 2.25. The van der Waals surface area contributed by atoms with Crippen LogP contribution in [0, 0.1) is 5.82 Å². The predicted octanol–water partition coefficient (Wildman–Crippen LogP) is 3.31. The second-order valence-corrected chi connectivity index (χ2v) is 5.98. The first kappa shape index (κ1) is 14.9. The monoisotopic (exact) mass is 323 g/mol. The van der Waals surface area contributed by atoms with E-state index >= 15 is 0 Å². The van der Waals surface area contributed by atoms with Crippen molar-refractivity contribution in [2.45, 2.75) is 19.0 Å². The molecule has 0 spiro atoms. The molecule has 0 radical (unpaired) electrons. The Labute approximate surface area is 139 Å². The van der Waals surface area contributed by atoms with Gasteiger partial charge in [0.1, 0.15) is 18.2 Å². The first-order valence-electron chi connectivity index (χ1n) is 8.02. The molecule has 1 aliphatic heterocycles. The minimum atomic E-state index is -0.252. The Morgan fingerprint density at radius 3 is 3.04 bits per heavy atom. The van der Waals surface area contributed by atoms with Gasteiger partial charge in [0, 0.05) is 23.7 Å². The number of hydrogen-bond donors (Lipinski definition) is 2. The van der Waals surface area contributed by atoms with Crippen LogP contribution in [0.3, 0.4) is 0 Å². The van der Waals surface area contributed by atoms with Crippen molar-refractivity contribution < 1.29 is 9.13 Å². The lowest BCUT2D eigenvalue weighted by molar-refractivity contribution is 0.238. The van der Waals surface area contributed by atoms with Crippen LogP contribution >= 0.6 is 0 Å². The maximum atomic E-state index is 13.4. The van der Waals surface area contributed by atoms with E-state index in [1.807, 2.05) is 24.3 Å². The summed E-state index contributed by atoms with van der Waals surface area (Å²) in [5.41, 5.74) is 3.88. The fourth-order valence-corrected chi connectivity index (χ4v) is 3.05. The van der Waals surface area contributed by atoms with Gasteiger partial charge in [-0.15, -0.1) is 0 Å². The Bertz CT molecular complexity index is 846. The molecule has 4 rings (SSSR count). The molecule has 2 aromatic carbocycles. The molecule has 1 aromatic heterocycles. The summed E-state index contributed by atoms with van der Waals surface area (Å²) in [6.07, 6.45) is 2.72. The van der Waals surface area contributed by atoms with Crippen LogP contribution in [0.5, 0.6) is 5.75 Å². The topological polar surface area (TPSA) is 49.9 Å². The van der Waals surface area contributed by atoms with Crippen molar-refractivity contribution in [1.29, 1.82) is 0 Å². The summed E-state index contributed by atoms with van der Waals surface area (Å²) in [6.45, 7) is 1.29. The number of aromatic nitrogens is 2. The molecule has 1 aliphatic rings. The molecule has 5 heteroatoms. The molecule has 122 valence electrons. The quantitative estimate of drug-likeness (QED) is 0.774. The van der Waals surface area contributed by atoms with Gasteiger partial charge in [0.25, 0.3) is 0 Å². The van der Waals surface area contributed by atoms with Crippen LogP contribution < -0.4 is 10.1 Å². The van der Waals surface area contributed by atoms with Gasteiger partial charge in [-0.05, 0) is 30.2 Å². The number of hydrogen-bond acceptors (Lipinski definition) is 3. The number of aromatic amines is 1. The third-order valence-corrected chi connectivity index (χ3v) is 4.29. The van der Waals surface area contributed by atoms with Gasteiger partial charge in [0.05, 0.1) is 11.9 Å². The highest BCUT2D eigenvalue weighted by Gasteiger charge is 2.19. The molecule has 0 bridgehead atoms. The number of nitrogens with one attached hydrogen (secondary N) is 2. The molecule has 2 heterocycles. The molecule has 3 aromatic rings. The molecular formula is C19H18FN3O. The Balaban J connectivity index is 1.45. The molecule has 1 unspecified atom stereocenters. The van der Waals surface area contributed by atoms with Crippen molar-refractivity contribution in [2.24, 2.45) is 0 Å². The highest BCUT2D eigenvalue weighted by atomic mass is 19.1. The average molecular weight is 323 g/mol. The third kappa shape index (κ3) is 3.03. The molecule has 0 saturated heterocycles. The summed E-state index contributed by atoms with van der Waals surface area (Å²) >= 11 is 0. The number of rotatable bonds is 4. The van der Waals surface area contributed by atoms with Crippen molar-refractivity contribution in [3.8, 4) is 17.0 Å². The molecular weight excluding hydrogens is 305 g/mol. The number of ether oxygens (including phenoxy) is 1. The SMILES string of the molecule is Fc1cccc(-c2[nH]ncc2CNC2COc3ccccc3C2)c1. The number of benzene rings is 2. The Kier molecular flexibility index (Phi) is 4.01. The van der Waals surface area contributed by atoms with Crippen molar-refractivity contribution >= 4 is 0 Å². The number of nitrogens with zero attached hydrogens (tertiary/aromatic N) is 1. The summed E-state index contributed by atoms with van der Waals surface area (Å²) in [5, 5.41) is 10.6. The standard InChI is InChI=1S/C19H18FN3O/c20-16-6-3-5-14(8-16)19-15(11-22-23-19)10-21-17-9-13-4-1-2-7-18(13)24-12-17/h1-8,11,17,21H,9-10,12H2,(H,22,23). The van der Waals surface area contributed by atoms with E-state index < -0.39 is 0 Å². The van der Waals surface area contributed by atoms with E-state index in [0.717, 1.165) is 29.0 Å². The van der Waals surface area contributed by atoms with Crippen LogP contribution in [-0.2, 0) is 13.0 Å². The highest BCUT2D eigenvalue weighted by molar-refractivity contribution is 5.62. The Morgan fingerprint density at radius 2 is 2.12 bits per heavy atom. The van der Waals surface area contributed by atoms with Crippen LogP contribution in [0.25, 0.3) is 11.3 Å². The van der Waals surface area contributed by atoms with Crippen LogP contribution in [-0.4, -0.2) is 22.8 Å². The van der Waals surface area contributed by atoms with Gasteiger partial charge in [-0.1, -0.05) is 30.3 Å². The fraction of sp³-hybridized carbons (Fsp3) is 0.211. The minimum absolute atomic E-state index is 0.246. The van der Waals surface area contributed by atoms with Crippen molar-refractivity contribution in [2.75, 3.05) is 6.61 Å². The lowest BCUT2D eigenvalue weighted by atomic mass is 10.0. The lowest BCUT2D eigenvalue weighted by Gasteiger charge is -2.26. The van der Waals surface area contributed by atoms with Gasteiger partial charge in [-0.2, -0.15) is 5.10 Å². The van der Waals surface area contributed by atoms with Crippen LogP contribution in [0.2, 0.25) is 0 Å². The van der Waals surface area contributed by atoms with E-state index in [-0.39, 0.29) is 11.9 Å². The van der Waals surface area contributed by atoms with Gasteiger partial charge in [-0.25, -0.2) is 4.39 Å². The van der Waals surface area contributed by atoms with E-state index in [2.05, 4.69) is 21.6 Å². The second-order valence-electron chi connectivity index (χ2n) is 5.98. The largest absolute Gasteiger partial charge is 0.492 e. The van der Waals surface area contributed by atoms with E-state index in [0.29, 0.717) is 13.2 Å². The fourth-order valence-electron chi connectivity index (χ4n) is 3.05. The number of H-pyrrole nitrogens is 1. The summed E-state index contributed by atoms with van der Waals surface area (Å²) in [5.74, 6) is 0.720. The van der Waals surface area contributed by atoms with E-state index in [4.69, 9.17) is 4.74 Å². The third-order valence-electron chi connectivity index (χ3n) is 4.29. The van der Waals surface area contributed by atoms with Crippen LogP contribution in [0.1, 0.15) is 11.1 Å². The maximum absolute atomic E-state index is 13.4. The molecule has 0 saturated carbocycles. The minimum Gasteiger partial charge on any atom is -0.492 e. The zero-order valence-corrected chi connectivity index (χ0v) is 13.1.